The van der Waals surface area contributed by atoms with Crippen LogP contribution in [-0.4, -0.2) is 42.5 Å². The molecular formula is C34H34N4O4S2. The van der Waals surface area contributed by atoms with Crippen LogP contribution in [0.1, 0.15) is 47.8 Å². The third kappa shape index (κ3) is 7.05. The van der Waals surface area contributed by atoms with Crippen molar-refractivity contribution in [2.75, 3.05) is 11.6 Å². The van der Waals surface area contributed by atoms with Gasteiger partial charge in [-0.2, -0.15) is 14.4 Å². The van der Waals surface area contributed by atoms with Crippen molar-refractivity contribution in [2.45, 2.75) is 45.2 Å². The Morgan fingerprint density at radius 3 is 2.34 bits per heavy atom. The number of amides is 1. The van der Waals surface area contributed by atoms with Crippen molar-refractivity contribution in [1.82, 2.24) is 9.29 Å². The minimum atomic E-state index is -3.83. The van der Waals surface area contributed by atoms with Crippen molar-refractivity contribution in [3.8, 4) is 5.75 Å². The molecule has 0 saturated carbocycles. The average molecular weight is 627 g/mol. The number of anilines is 1. The molecule has 5 rings (SSSR count). The Morgan fingerprint density at radius 2 is 1.68 bits per heavy atom. The number of aromatic nitrogens is 1. The number of hydrogen-bond acceptors (Lipinski definition) is 7. The van der Waals surface area contributed by atoms with Gasteiger partial charge in [-0.3, -0.25) is 4.79 Å². The Hall–Kier alpha value is -4.38. The van der Waals surface area contributed by atoms with Crippen LogP contribution in [-0.2, 0) is 16.6 Å². The number of nitrogens with zero attached hydrogens (tertiary/aromatic N) is 4. The number of rotatable bonds is 11. The van der Waals surface area contributed by atoms with Crippen molar-refractivity contribution < 1.29 is 17.9 Å². The van der Waals surface area contributed by atoms with Crippen LogP contribution in [0.3, 0.4) is 0 Å². The normalized spacial score (nSPS) is 12.0. The summed E-state index contributed by atoms with van der Waals surface area (Å²) in [5, 5.41) is 6.21. The number of thiazole rings is 1. The largest absolute Gasteiger partial charge is 0.494 e. The molecule has 4 aromatic carbocycles. The van der Waals surface area contributed by atoms with E-state index in [9.17, 15) is 13.2 Å². The maximum Gasteiger partial charge on any atom is 0.280 e. The highest BCUT2D eigenvalue weighted by molar-refractivity contribution is 7.89. The quantitative estimate of drug-likeness (QED) is 0.113. The molecule has 0 N–H and O–H groups in total. The zero-order valence-electron chi connectivity index (χ0n) is 25.0. The Labute approximate surface area is 262 Å². The topological polar surface area (TPSA) is 92.2 Å². The van der Waals surface area contributed by atoms with E-state index in [1.165, 1.54) is 44.9 Å². The van der Waals surface area contributed by atoms with Crippen LogP contribution in [0.15, 0.2) is 107 Å². The van der Waals surface area contributed by atoms with Crippen molar-refractivity contribution >= 4 is 48.8 Å². The fourth-order valence-corrected chi connectivity index (χ4v) is 7.22. The maximum atomic E-state index is 13.9. The van der Waals surface area contributed by atoms with E-state index in [0.29, 0.717) is 11.7 Å². The van der Waals surface area contributed by atoms with Crippen molar-refractivity contribution in [1.29, 1.82) is 0 Å². The van der Waals surface area contributed by atoms with Gasteiger partial charge in [-0.1, -0.05) is 47.7 Å². The first-order valence-electron chi connectivity index (χ1n) is 14.3. The summed E-state index contributed by atoms with van der Waals surface area (Å²) in [4.78, 5) is 18.7. The van der Waals surface area contributed by atoms with Gasteiger partial charge in [0, 0.05) is 18.2 Å². The van der Waals surface area contributed by atoms with Gasteiger partial charge in [0.05, 0.1) is 27.9 Å². The van der Waals surface area contributed by atoms with E-state index in [0.717, 1.165) is 32.7 Å². The standard InChI is InChI=1S/C34H34N4O4S2/c1-5-42-29-16-12-26(13-17-29)22-35-38(34-36-31-20-11-25(4)21-32(31)43-34)33(39)28-14-18-30(19-15-28)44(40,41)37(24(2)3)23-27-9-7-6-8-10-27/h6-22,24H,5,23H2,1-4H3/b35-22+. The highest BCUT2D eigenvalue weighted by atomic mass is 32.2. The summed E-state index contributed by atoms with van der Waals surface area (Å²) in [6.07, 6.45) is 1.59. The van der Waals surface area contributed by atoms with Crippen LogP contribution in [0, 0.1) is 6.92 Å². The number of sulfonamides is 1. The molecule has 1 aromatic heterocycles. The van der Waals surface area contributed by atoms with E-state index >= 15 is 0 Å². The van der Waals surface area contributed by atoms with E-state index in [1.807, 2.05) is 100 Å². The van der Waals surface area contributed by atoms with Crippen LogP contribution >= 0.6 is 11.3 Å². The monoisotopic (exact) mass is 626 g/mol. The van der Waals surface area contributed by atoms with Gasteiger partial charge in [-0.15, -0.1) is 0 Å². The van der Waals surface area contributed by atoms with Gasteiger partial charge in [-0.05, 0) is 105 Å². The Morgan fingerprint density at radius 1 is 0.977 bits per heavy atom. The molecule has 0 radical (unpaired) electrons. The van der Waals surface area contributed by atoms with Crippen LogP contribution in [0.5, 0.6) is 5.75 Å². The number of hydrogen-bond donors (Lipinski definition) is 0. The zero-order chi connectivity index (χ0) is 31.3. The van der Waals surface area contributed by atoms with Crippen molar-refractivity contribution in [2.24, 2.45) is 5.10 Å². The lowest BCUT2D eigenvalue weighted by Crippen LogP contribution is -2.36. The van der Waals surface area contributed by atoms with E-state index in [-0.39, 0.29) is 23.0 Å². The summed E-state index contributed by atoms with van der Waals surface area (Å²) < 4.78 is 35.2. The molecule has 0 atom stereocenters. The number of aryl methyl sites for hydroxylation is 1. The average Bonchev–Trinajstić information content (AvgIpc) is 3.44. The van der Waals surface area contributed by atoms with Gasteiger partial charge in [0.2, 0.25) is 15.2 Å². The second-order valence-corrected chi connectivity index (χ2v) is 13.4. The first-order valence-corrected chi connectivity index (χ1v) is 16.6. The predicted molar refractivity (Wildman–Crippen MR) is 177 cm³/mol. The summed E-state index contributed by atoms with van der Waals surface area (Å²) >= 11 is 1.36. The van der Waals surface area contributed by atoms with E-state index < -0.39 is 15.9 Å². The second-order valence-electron chi connectivity index (χ2n) is 10.5. The number of carbonyl (C=O) groups excluding carboxylic acids is 1. The van der Waals surface area contributed by atoms with Gasteiger partial charge in [0.25, 0.3) is 5.91 Å². The molecule has 226 valence electrons. The smallest absolute Gasteiger partial charge is 0.280 e. The third-order valence-corrected chi connectivity index (χ3v) is 9.91. The molecule has 0 aliphatic heterocycles. The minimum Gasteiger partial charge on any atom is -0.494 e. The molecule has 0 aliphatic rings. The van der Waals surface area contributed by atoms with Crippen molar-refractivity contribution in [3.63, 3.8) is 0 Å². The molecule has 0 aliphatic carbocycles. The molecule has 0 unspecified atom stereocenters. The minimum absolute atomic E-state index is 0.110. The Bertz CT molecular complexity index is 1870. The molecule has 0 fully saturated rings. The lowest BCUT2D eigenvalue weighted by molar-refractivity contribution is 0.0987. The van der Waals surface area contributed by atoms with E-state index in [1.54, 1.807) is 6.21 Å². The fraction of sp³-hybridized carbons (Fsp3) is 0.206. The molecule has 44 heavy (non-hydrogen) atoms. The number of benzene rings is 4. The third-order valence-electron chi connectivity index (χ3n) is 6.88. The van der Waals surface area contributed by atoms with Crippen LogP contribution in [0.2, 0.25) is 0 Å². The second kappa shape index (κ2) is 13.5. The lowest BCUT2D eigenvalue weighted by Gasteiger charge is -2.26. The Kier molecular flexibility index (Phi) is 9.53. The summed E-state index contributed by atoms with van der Waals surface area (Å²) in [7, 11) is -3.83. The molecule has 5 aromatic rings. The molecule has 0 spiro atoms. The molecular weight excluding hydrogens is 593 g/mol. The molecule has 0 bridgehead atoms. The summed E-state index contributed by atoms with van der Waals surface area (Å²) in [5.74, 6) is 0.311. The molecule has 1 amide bonds. The molecule has 8 nitrogen and oxygen atoms in total. The SMILES string of the molecule is CCOc1ccc(/C=N/N(C(=O)c2ccc(S(=O)(=O)N(Cc3ccccc3)C(C)C)cc2)c2nc3ccc(C)cc3s2)cc1. The summed E-state index contributed by atoms with van der Waals surface area (Å²) in [6, 6.07) is 28.5. The zero-order valence-corrected chi connectivity index (χ0v) is 26.7. The first kappa shape index (κ1) is 31.1. The lowest BCUT2D eigenvalue weighted by atomic mass is 10.2. The van der Waals surface area contributed by atoms with E-state index in [2.05, 4.69) is 10.1 Å². The fourth-order valence-electron chi connectivity index (χ4n) is 4.58. The number of hydrazone groups is 1. The maximum absolute atomic E-state index is 13.9. The predicted octanol–water partition coefficient (Wildman–Crippen LogP) is 7.28. The number of ether oxygens (including phenoxy) is 1. The summed E-state index contributed by atoms with van der Waals surface area (Å²) in [5.41, 5.74) is 3.80. The van der Waals surface area contributed by atoms with Gasteiger partial charge in [-0.25, -0.2) is 13.4 Å². The number of carbonyl (C=O) groups is 1. The molecule has 10 heteroatoms. The highest BCUT2D eigenvalue weighted by Gasteiger charge is 2.28. The van der Waals surface area contributed by atoms with Gasteiger partial charge in [0.15, 0.2) is 0 Å². The number of fused-ring (bicyclic) bond motifs is 1. The van der Waals surface area contributed by atoms with Crippen LogP contribution < -0.4 is 9.75 Å². The molecule has 1 heterocycles. The first-order chi connectivity index (χ1) is 21.2. The van der Waals surface area contributed by atoms with Gasteiger partial charge >= 0.3 is 0 Å². The van der Waals surface area contributed by atoms with Crippen LogP contribution in [0.4, 0.5) is 5.13 Å². The summed E-state index contributed by atoms with van der Waals surface area (Å²) in [6.45, 7) is 8.42. The highest BCUT2D eigenvalue weighted by Crippen LogP contribution is 2.31. The van der Waals surface area contributed by atoms with Gasteiger partial charge < -0.3 is 4.74 Å². The molecule has 0 saturated heterocycles. The van der Waals surface area contributed by atoms with E-state index in [4.69, 9.17) is 4.74 Å². The Balaban J connectivity index is 1.45. The van der Waals surface area contributed by atoms with Crippen LogP contribution in [0.25, 0.3) is 10.2 Å². The van der Waals surface area contributed by atoms with Crippen molar-refractivity contribution in [3.05, 3.63) is 119 Å². The van der Waals surface area contributed by atoms with Gasteiger partial charge in [0.1, 0.15) is 5.75 Å².